The maximum Gasteiger partial charge on any atom is 0.255 e. The van der Waals surface area contributed by atoms with E-state index in [0.29, 0.717) is 17.0 Å². The number of rotatable bonds is 5. The third-order valence-electron chi connectivity index (χ3n) is 3.19. The van der Waals surface area contributed by atoms with E-state index in [1.165, 1.54) is 24.3 Å². The molecule has 2 N–H and O–H groups in total. The molecule has 6 nitrogen and oxygen atoms in total. The molecule has 0 bridgehead atoms. The Morgan fingerprint density at radius 2 is 1.68 bits per heavy atom. The topological polar surface area (TPSA) is 84.5 Å². The van der Waals surface area contributed by atoms with E-state index in [9.17, 15) is 13.2 Å². The lowest BCUT2D eigenvalue weighted by molar-refractivity contribution is 0.102. The van der Waals surface area contributed by atoms with Crippen molar-refractivity contribution in [1.29, 1.82) is 0 Å². The number of anilines is 1. The molecule has 25 heavy (non-hydrogen) atoms. The Labute approximate surface area is 148 Å². The Balaban J connectivity index is 2.15. The maximum atomic E-state index is 12.3. The van der Waals surface area contributed by atoms with Crippen LogP contribution in [0.2, 0.25) is 0 Å². The number of hydrogen-bond donors (Lipinski definition) is 2. The van der Waals surface area contributed by atoms with Gasteiger partial charge in [0, 0.05) is 22.9 Å². The molecule has 7 heteroatoms. The summed E-state index contributed by atoms with van der Waals surface area (Å²) < 4.78 is 32.2. The summed E-state index contributed by atoms with van der Waals surface area (Å²) in [5.74, 6) is 0.300. The van der Waals surface area contributed by atoms with Gasteiger partial charge in [0.15, 0.2) is 0 Å². The van der Waals surface area contributed by atoms with Gasteiger partial charge in [-0.1, -0.05) is 6.07 Å². The minimum Gasteiger partial charge on any atom is -0.497 e. The highest BCUT2D eigenvalue weighted by atomic mass is 32.2. The van der Waals surface area contributed by atoms with Crippen LogP contribution in [-0.4, -0.2) is 27.0 Å². The maximum absolute atomic E-state index is 12.3. The highest BCUT2D eigenvalue weighted by Gasteiger charge is 2.22. The average Bonchev–Trinajstić information content (AvgIpc) is 2.53. The highest BCUT2D eigenvalue weighted by Crippen LogP contribution is 2.18. The van der Waals surface area contributed by atoms with Crippen molar-refractivity contribution >= 4 is 21.6 Å². The van der Waals surface area contributed by atoms with Crippen molar-refractivity contribution in [1.82, 2.24) is 4.72 Å². The molecular weight excluding hydrogens is 340 g/mol. The second-order valence-corrected chi connectivity index (χ2v) is 8.25. The lowest BCUT2D eigenvalue weighted by atomic mass is 10.1. The minimum atomic E-state index is -3.63. The number of sulfonamides is 1. The third-order valence-corrected chi connectivity index (χ3v) is 4.97. The average molecular weight is 362 g/mol. The number of nitrogens with one attached hydrogen (secondary N) is 2. The molecule has 0 atom stereocenters. The van der Waals surface area contributed by atoms with Crippen molar-refractivity contribution < 1.29 is 17.9 Å². The zero-order valence-corrected chi connectivity index (χ0v) is 15.5. The highest BCUT2D eigenvalue weighted by molar-refractivity contribution is 7.89. The van der Waals surface area contributed by atoms with Crippen LogP contribution in [0.25, 0.3) is 0 Å². The lowest BCUT2D eigenvalue weighted by Crippen LogP contribution is -2.40. The fraction of sp³-hybridized carbons (Fsp3) is 0.278. The van der Waals surface area contributed by atoms with Crippen LogP contribution in [0.4, 0.5) is 5.69 Å². The van der Waals surface area contributed by atoms with Crippen molar-refractivity contribution in [2.24, 2.45) is 0 Å². The van der Waals surface area contributed by atoms with E-state index < -0.39 is 15.6 Å². The van der Waals surface area contributed by atoms with E-state index in [0.717, 1.165) is 0 Å². The zero-order chi connectivity index (χ0) is 18.7. The molecule has 0 unspecified atom stereocenters. The Bertz CT molecular complexity index is 853. The molecule has 0 saturated heterocycles. The summed E-state index contributed by atoms with van der Waals surface area (Å²) in [6, 6.07) is 12.8. The van der Waals surface area contributed by atoms with Crippen LogP contribution in [0.5, 0.6) is 5.75 Å². The second-order valence-electron chi connectivity index (χ2n) is 6.57. The van der Waals surface area contributed by atoms with Gasteiger partial charge in [-0.2, -0.15) is 0 Å². The molecule has 0 saturated carbocycles. The molecule has 2 rings (SSSR count). The van der Waals surface area contributed by atoms with Crippen LogP contribution < -0.4 is 14.8 Å². The van der Waals surface area contributed by atoms with Gasteiger partial charge in [-0.3, -0.25) is 4.79 Å². The summed E-state index contributed by atoms with van der Waals surface area (Å²) in [6.07, 6.45) is 0. The predicted octanol–water partition coefficient (Wildman–Crippen LogP) is 3.02. The third kappa shape index (κ3) is 5.30. The number of ether oxygens (including phenoxy) is 1. The number of carbonyl (C=O) groups excluding carboxylic acids is 1. The summed E-state index contributed by atoms with van der Waals surface area (Å²) in [4.78, 5) is 12.4. The Hall–Kier alpha value is -2.38. The second kappa shape index (κ2) is 7.25. The van der Waals surface area contributed by atoms with Gasteiger partial charge in [0.05, 0.1) is 12.0 Å². The zero-order valence-electron chi connectivity index (χ0n) is 14.7. The van der Waals surface area contributed by atoms with E-state index in [1.807, 2.05) is 0 Å². The normalized spacial score (nSPS) is 11.8. The van der Waals surface area contributed by atoms with Gasteiger partial charge in [-0.05, 0) is 57.2 Å². The van der Waals surface area contributed by atoms with Crippen molar-refractivity contribution in [2.75, 3.05) is 12.4 Å². The fourth-order valence-corrected chi connectivity index (χ4v) is 3.57. The number of amides is 1. The van der Waals surface area contributed by atoms with Crippen LogP contribution in [0.1, 0.15) is 31.1 Å². The molecule has 0 heterocycles. The Kier molecular flexibility index (Phi) is 5.49. The SMILES string of the molecule is COc1cccc(NC(=O)c2ccc(S(=O)(=O)NC(C)(C)C)cc2)c1. The monoisotopic (exact) mass is 362 g/mol. The van der Waals surface area contributed by atoms with E-state index in [1.54, 1.807) is 52.1 Å². The summed E-state index contributed by atoms with van der Waals surface area (Å²) in [6.45, 7) is 5.29. The summed E-state index contributed by atoms with van der Waals surface area (Å²) in [7, 11) is -2.08. The molecule has 2 aromatic rings. The minimum absolute atomic E-state index is 0.111. The van der Waals surface area contributed by atoms with Gasteiger partial charge in [0.2, 0.25) is 10.0 Å². The first-order valence-corrected chi connectivity index (χ1v) is 9.18. The first-order chi connectivity index (χ1) is 11.6. The van der Waals surface area contributed by atoms with Crippen LogP contribution >= 0.6 is 0 Å². The van der Waals surface area contributed by atoms with Gasteiger partial charge in [-0.15, -0.1) is 0 Å². The van der Waals surface area contributed by atoms with Crippen molar-refractivity contribution in [3.05, 3.63) is 54.1 Å². The number of hydrogen-bond acceptors (Lipinski definition) is 4. The smallest absolute Gasteiger partial charge is 0.255 e. The molecule has 1 amide bonds. The molecular formula is C18H22N2O4S. The molecule has 0 aliphatic rings. The van der Waals surface area contributed by atoms with Crippen molar-refractivity contribution in [3.8, 4) is 5.75 Å². The first kappa shape index (κ1) is 19.0. The van der Waals surface area contributed by atoms with Crippen LogP contribution in [0, 0.1) is 0 Å². The van der Waals surface area contributed by atoms with Crippen molar-refractivity contribution in [2.45, 2.75) is 31.2 Å². The summed E-state index contributed by atoms with van der Waals surface area (Å²) in [5, 5.41) is 2.75. The van der Waals surface area contributed by atoms with E-state index >= 15 is 0 Å². The molecule has 2 aromatic carbocycles. The van der Waals surface area contributed by atoms with Crippen LogP contribution in [0.3, 0.4) is 0 Å². The van der Waals surface area contributed by atoms with Gasteiger partial charge in [0.25, 0.3) is 5.91 Å². The first-order valence-electron chi connectivity index (χ1n) is 7.70. The van der Waals surface area contributed by atoms with E-state index in [2.05, 4.69) is 10.0 Å². The lowest BCUT2D eigenvalue weighted by Gasteiger charge is -2.20. The molecule has 0 radical (unpaired) electrons. The Morgan fingerprint density at radius 3 is 2.24 bits per heavy atom. The molecule has 0 aromatic heterocycles. The Morgan fingerprint density at radius 1 is 1.04 bits per heavy atom. The molecule has 0 aliphatic carbocycles. The van der Waals surface area contributed by atoms with Crippen LogP contribution in [0.15, 0.2) is 53.4 Å². The molecule has 134 valence electrons. The van der Waals surface area contributed by atoms with E-state index in [4.69, 9.17) is 4.74 Å². The van der Waals surface area contributed by atoms with Gasteiger partial charge in [0.1, 0.15) is 5.75 Å². The van der Waals surface area contributed by atoms with Crippen molar-refractivity contribution in [3.63, 3.8) is 0 Å². The molecule has 0 spiro atoms. The fourth-order valence-electron chi connectivity index (χ4n) is 2.15. The number of carbonyl (C=O) groups is 1. The quantitative estimate of drug-likeness (QED) is 0.856. The largest absolute Gasteiger partial charge is 0.497 e. The summed E-state index contributed by atoms with van der Waals surface area (Å²) in [5.41, 5.74) is 0.370. The van der Waals surface area contributed by atoms with Crippen LogP contribution in [-0.2, 0) is 10.0 Å². The van der Waals surface area contributed by atoms with Gasteiger partial charge in [-0.25, -0.2) is 13.1 Å². The predicted molar refractivity (Wildman–Crippen MR) is 97.5 cm³/mol. The number of benzene rings is 2. The summed E-state index contributed by atoms with van der Waals surface area (Å²) >= 11 is 0. The molecule has 0 aliphatic heterocycles. The molecule has 0 fully saturated rings. The standard InChI is InChI=1S/C18H22N2O4S/c1-18(2,3)20-25(22,23)16-10-8-13(9-11-16)17(21)19-14-6-5-7-15(12-14)24-4/h5-12,20H,1-4H3,(H,19,21). The van der Waals surface area contributed by atoms with E-state index in [-0.39, 0.29) is 10.8 Å². The van der Waals surface area contributed by atoms with Gasteiger partial charge >= 0.3 is 0 Å². The number of methoxy groups -OCH3 is 1. The van der Waals surface area contributed by atoms with Gasteiger partial charge < -0.3 is 10.1 Å².